The number of hydrogen-bond acceptors (Lipinski definition) is 4. The number of benzene rings is 1. The average molecular weight is 230 g/mol. The molecule has 0 aliphatic rings. The Labute approximate surface area is 98.4 Å². The molecule has 5 heteroatoms. The van der Waals surface area contributed by atoms with Crippen molar-refractivity contribution in [3.05, 3.63) is 35.0 Å². The van der Waals surface area contributed by atoms with E-state index in [1.807, 2.05) is 25.1 Å². The van der Waals surface area contributed by atoms with Crippen molar-refractivity contribution in [3.63, 3.8) is 0 Å². The molecule has 0 amide bonds. The fourth-order valence-corrected chi connectivity index (χ4v) is 1.75. The van der Waals surface area contributed by atoms with E-state index >= 15 is 0 Å². The number of nitrogens with zero attached hydrogens (tertiary/aromatic N) is 1. The first-order valence-electron chi connectivity index (χ1n) is 5.13. The van der Waals surface area contributed by atoms with Crippen molar-refractivity contribution < 1.29 is 5.11 Å². The molecule has 2 rings (SSSR count). The molecule has 0 saturated heterocycles. The van der Waals surface area contributed by atoms with Crippen LogP contribution in [0.4, 0.5) is 0 Å². The van der Waals surface area contributed by atoms with Gasteiger partial charge in [0, 0.05) is 16.5 Å². The van der Waals surface area contributed by atoms with E-state index in [-0.39, 0.29) is 5.88 Å². The summed E-state index contributed by atoms with van der Waals surface area (Å²) in [4.78, 5) is 2.88. The summed E-state index contributed by atoms with van der Waals surface area (Å²) in [6, 6.07) is 5.86. The van der Waals surface area contributed by atoms with E-state index in [4.69, 9.17) is 11.6 Å². The Morgan fingerprint density at radius 1 is 1.47 bits per heavy atom. The van der Waals surface area contributed by atoms with Crippen molar-refractivity contribution in [1.82, 2.24) is 4.98 Å². The second-order valence-corrected chi connectivity index (χ2v) is 3.86. The molecule has 0 unspecified atom stereocenters. The maximum atomic E-state index is 9.81. The lowest BCUT2D eigenvalue weighted by Gasteiger charge is -1.96. The molecular formula is C12H14N4O. The molecule has 0 fully saturated rings. The van der Waals surface area contributed by atoms with Crippen LogP contribution in [-0.4, -0.2) is 16.3 Å². The number of nitrogens with one attached hydrogen (secondary N) is 1. The van der Waals surface area contributed by atoms with Gasteiger partial charge in [0.1, 0.15) is 0 Å². The first kappa shape index (κ1) is 11.1. The van der Waals surface area contributed by atoms with Gasteiger partial charge in [-0.25, -0.2) is 0 Å². The average Bonchev–Trinajstić information content (AvgIpc) is 2.56. The molecule has 0 radical (unpaired) electrons. The number of nitrogens with two attached hydrogens (primary N) is 2. The van der Waals surface area contributed by atoms with Crippen LogP contribution < -0.4 is 11.6 Å². The van der Waals surface area contributed by atoms with E-state index in [0.717, 1.165) is 16.5 Å². The summed E-state index contributed by atoms with van der Waals surface area (Å²) in [5.74, 6) is 5.09. The van der Waals surface area contributed by atoms with Crippen molar-refractivity contribution in [1.29, 1.82) is 0 Å². The zero-order chi connectivity index (χ0) is 12.4. The van der Waals surface area contributed by atoms with Gasteiger partial charge in [0.15, 0.2) is 5.88 Å². The van der Waals surface area contributed by atoms with Gasteiger partial charge in [-0.1, -0.05) is 11.6 Å². The van der Waals surface area contributed by atoms with Gasteiger partial charge in [-0.2, -0.15) is 5.10 Å². The van der Waals surface area contributed by atoms with Gasteiger partial charge in [-0.05, 0) is 25.1 Å². The number of fused-ring (bicyclic) bond motifs is 1. The zero-order valence-corrected chi connectivity index (χ0v) is 9.44. The molecule has 1 heterocycles. The lowest BCUT2D eigenvalue weighted by Crippen LogP contribution is -1.99. The third-order valence-corrected chi connectivity index (χ3v) is 2.51. The van der Waals surface area contributed by atoms with Crippen molar-refractivity contribution in [2.75, 3.05) is 0 Å². The van der Waals surface area contributed by atoms with Crippen LogP contribution in [0.3, 0.4) is 0 Å². The van der Waals surface area contributed by atoms with Gasteiger partial charge in [-0.3, -0.25) is 0 Å². The number of hydrogen-bond donors (Lipinski definition) is 4. The van der Waals surface area contributed by atoms with Crippen molar-refractivity contribution in [2.45, 2.75) is 6.92 Å². The van der Waals surface area contributed by atoms with E-state index in [9.17, 15) is 5.11 Å². The molecule has 0 aliphatic carbocycles. The summed E-state index contributed by atoms with van der Waals surface area (Å²) in [7, 11) is 0. The molecule has 88 valence electrons. The smallest absolute Gasteiger partial charge is 0.196 e. The topological polar surface area (TPSA) is 100 Å². The van der Waals surface area contributed by atoms with Crippen molar-refractivity contribution >= 4 is 23.2 Å². The minimum atomic E-state index is 0.0824. The molecular weight excluding hydrogens is 216 g/mol. The minimum absolute atomic E-state index is 0.0824. The normalized spacial score (nSPS) is 12.6. The van der Waals surface area contributed by atoms with Gasteiger partial charge in [0.25, 0.3) is 0 Å². The van der Waals surface area contributed by atoms with Crippen LogP contribution in [0.2, 0.25) is 0 Å². The number of aromatic nitrogens is 1. The summed E-state index contributed by atoms with van der Waals surface area (Å²) >= 11 is 0. The minimum Gasteiger partial charge on any atom is -0.494 e. The van der Waals surface area contributed by atoms with E-state index in [1.54, 1.807) is 6.08 Å². The number of allylic oxidation sites excluding steroid dienone is 1. The van der Waals surface area contributed by atoms with E-state index in [0.29, 0.717) is 11.3 Å². The number of aromatic amines is 1. The molecule has 0 aliphatic heterocycles. The third kappa shape index (κ3) is 2.08. The van der Waals surface area contributed by atoms with Gasteiger partial charge in [-0.15, -0.1) is 0 Å². The molecule has 0 spiro atoms. The molecule has 17 heavy (non-hydrogen) atoms. The maximum Gasteiger partial charge on any atom is 0.196 e. The van der Waals surface area contributed by atoms with Gasteiger partial charge in [0.05, 0.1) is 11.9 Å². The molecule has 0 saturated carbocycles. The summed E-state index contributed by atoms with van der Waals surface area (Å²) < 4.78 is 0. The quantitative estimate of drug-likeness (QED) is 0.356. The summed E-state index contributed by atoms with van der Waals surface area (Å²) in [5.41, 5.74) is 8.67. The number of rotatable bonds is 2. The Morgan fingerprint density at radius 2 is 2.24 bits per heavy atom. The molecule has 5 nitrogen and oxygen atoms in total. The molecule has 1 aromatic carbocycles. The predicted molar refractivity (Wildman–Crippen MR) is 69.5 cm³/mol. The summed E-state index contributed by atoms with van der Waals surface area (Å²) in [5, 5.41) is 14.1. The Kier molecular flexibility index (Phi) is 2.74. The highest BCUT2D eigenvalue weighted by Gasteiger charge is 2.08. The zero-order valence-electron chi connectivity index (χ0n) is 9.44. The monoisotopic (exact) mass is 230 g/mol. The van der Waals surface area contributed by atoms with Crippen LogP contribution in [0.15, 0.2) is 29.0 Å². The van der Waals surface area contributed by atoms with E-state index < -0.39 is 0 Å². The number of hydrazone groups is 1. The largest absolute Gasteiger partial charge is 0.494 e. The van der Waals surface area contributed by atoms with Crippen LogP contribution in [0.25, 0.3) is 17.0 Å². The Morgan fingerprint density at radius 3 is 2.94 bits per heavy atom. The number of aryl methyl sites for hydroxylation is 1. The van der Waals surface area contributed by atoms with Crippen LogP contribution in [0.5, 0.6) is 5.88 Å². The van der Waals surface area contributed by atoms with E-state index in [2.05, 4.69) is 10.1 Å². The lowest BCUT2D eigenvalue weighted by atomic mass is 10.1. The molecule has 1 aromatic heterocycles. The first-order chi connectivity index (χ1) is 8.11. The van der Waals surface area contributed by atoms with Gasteiger partial charge < -0.3 is 21.7 Å². The standard InChI is InChI=1S/C12H14N4O/c1-7-2-3-11-9(4-7)10(12(17)16-11)5-8(13)6-15-14/h2-6,16-17H,13-14H2,1H3. The van der Waals surface area contributed by atoms with Crippen LogP contribution in [0, 0.1) is 6.92 Å². The van der Waals surface area contributed by atoms with Crippen molar-refractivity contribution in [3.8, 4) is 5.88 Å². The summed E-state index contributed by atoms with van der Waals surface area (Å²) in [6.45, 7) is 1.99. The van der Waals surface area contributed by atoms with Crippen LogP contribution in [-0.2, 0) is 0 Å². The van der Waals surface area contributed by atoms with Gasteiger partial charge in [0.2, 0.25) is 0 Å². The fourth-order valence-electron chi connectivity index (χ4n) is 1.75. The summed E-state index contributed by atoms with van der Waals surface area (Å²) in [6.07, 6.45) is 2.96. The van der Waals surface area contributed by atoms with Crippen molar-refractivity contribution in [2.24, 2.45) is 16.7 Å². The second-order valence-electron chi connectivity index (χ2n) is 3.86. The van der Waals surface area contributed by atoms with Crippen LogP contribution in [0.1, 0.15) is 11.1 Å². The fraction of sp³-hybridized carbons (Fsp3) is 0.0833. The lowest BCUT2D eigenvalue weighted by molar-refractivity contribution is 0.457. The number of aromatic hydroxyl groups is 1. The predicted octanol–water partition coefficient (Wildman–Crippen LogP) is 1.43. The molecule has 0 bridgehead atoms. The van der Waals surface area contributed by atoms with E-state index in [1.165, 1.54) is 6.21 Å². The molecule has 0 atom stereocenters. The molecule has 6 N–H and O–H groups in total. The third-order valence-electron chi connectivity index (χ3n) is 2.51. The highest BCUT2D eigenvalue weighted by molar-refractivity contribution is 5.96. The highest BCUT2D eigenvalue weighted by atomic mass is 16.3. The SMILES string of the molecule is Cc1ccc2[nH]c(O)c(C=C(N)C=NN)c2c1. The van der Waals surface area contributed by atoms with Gasteiger partial charge >= 0.3 is 0 Å². The maximum absolute atomic E-state index is 9.81. The highest BCUT2D eigenvalue weighted by Crippen LogP contribution is 2.29. The Bertz CT molecular complexity index is 610. The second kappa shape index (κ2) is 4.21. The molecule has 2 aromatic rings. The van der Waals surface area contributed by atoms with Crippen LogP contribution >= 0.6 is 0 Å². The number of H-pyrrole nitrogens is 1. The Balaban J connectivity index is 2.63. The Hall–Kier alpha value is -2.43. The first-order valence-corrected chi connectivity index (χ1v) is 5.13.